The molecule has 1 aliphatic heterocycles. The lowest BCUT2D eigenvalue weighted by molar-refractivity contribution is 0.0823. The third-order valence-corrected chi connectivity index (χ3v) is 3.31. The molecule has 0 aliphatic carbocycles. The largest absolute Gasteiger partial charge is 0.375 e. The molecule has 0 bridgehead atoms. The molecule has 0 saturated heterocycles. The number of rotatable bonds is 4. The maximum absolute atomic E-state index is 5.61. The topological polar surface area (TPSA) is 49.9 Å². The van der Waals surface area contributed by atoms with Gasteiger partial charge in [-0.25, -0.2) is 4.98 Å². The second kappa shape index (κ2) is 5.33. The number of ether oxygens (including phenoxy) is 1. The number of imidazole rings is 1. The Morgan fingerprint density at radius 2 is 2.33 bits per heavy atom. The molecule has 1 aromatic carbocycles. The van der Waals surface area contributed by atoms with E-state index in [0.29, 0.717) is 6.04 Å². The summed E-state index contributed by atoms with van der Waals surface area (Å²) in [4.78, 5) is 7.13. The minimum absolute atomic E-state index is 0.304. The van der Waals surface area contributed by atoms with Gasteiger partial charge in [-0.2, -0.15) is 0 Å². The van der Waals surface area contributed by atoms with Crippen LogP contribution in [-0.4, -0.2) is 23.1 Å². The van der Waals surface area contributed by atoms with E-state index in [2.05, 4.69) is 39.6 Å². The lowest BCUT2D eigenvalue weighted by atomic mass is 9.99. The SMILES string of the molecule is c1ccc2c(c1)COCC2NCCc1cnc[nH]1. The van der Waals surface area contributed by atoms with Crippen molar-refractivity contribution in [2.24, 2.45) is 0 Å². The van der Waals surface area contributed by atoms with Crippen LogP contribution in [0.5, 0.6) is 0 Å². The Hall–Kier alpha value is -1.65. The van der Waals surface area contributed by atoms with Gasteiger partial charge in [-0.15, -0.1) is 0 Å². The number of H-pyrrole nitrogens is 1. The molecule has 1 unspecified atom stereocenters. The zero-order valence-electron chi connectivity index (χ0n) is 10.2. The van der Waals surface area contributed by atoms with E-state index in [1.54, 1.807) is 6.33 Å². The van der Waals surface area contributed by atoms with Crippen LogP contribution >= 0.6 is 0 Å². The highest BCUT2D eigenvalue weighted by molar-refractivity contribution is 5.31. The molecular formula is C14H17N3O. The van der Waals surface area contributed by atoms with Gasteiger partial charge < -0.3 is 15.0 Å². The summed E-state index contributed by atoms with van der Waals surface area (Å²) in [5.41, 5.74) is 3.82. The number of aromatic nitrogens is 2. The monoisotopic (exact) mass is 243 g/mol. The molecule has 1 aliphatic rings. The summed E-state index contributed by atoms with van der Waals surface area (Å²) >= 11 is 0. The van der Waals surface area contributed by atoms with Gasteiger partial charge in [0, 0.05) is 24.9 Å². The third-order valence-electron chi connectivity index (χ3n) is 3.31. The normalized spacial score (nSPS) is 18.6. The number of nitrogens with zero attached hydrogens (tertiary/aromatic N) is 1. The summed E-state index contributed by atoms with van der Waals surface area (Å²) in [6.07, 6.45) is 4.54. The highest BCUT2D eigenvalue weighted by Crippen LogP contribution is 2.24. The van der Waals surface area contributed by atoms with Crippen LogP contribution in [0.25, 0.3) is 0 Å². The van der Waals surface area contributed by atoms with E-state index >= 15 is 0 Å². The summed E-state index contributed by atoms with van der Waals surface area (Å²) < 4.78 is 5.61. The lowest BCUT2D eigenvalue weighted by Gasteiger charge is -2.26. The van der Waals surface area contributed by atoms with Crippen LogP contribution in [0, 0.1) is 0 Å². The molecule has 2 N–H and O–H groups in total. The molecule has 94 valence electrons. The fourth-order valence-electron chi connectivity index (χ4n) is 2.35. The van der Waals surface area contributed by atoms with Gasteiger partial charge in [-0.3, -0.25) is 0 Å². The van der Waals surface area contributed by atoms with Gasteiger partial charge in [0.05, 0.1) is 25.6 Å². The highest BCUT2D eigenvalue weighted by atomic mass is 16.5. The van der Waals surface area contributed by atoms with E-state index < -0.39 is 0 Å². The van der Waals surface area contributed by atoms with Gasteiger partial charge in [0.1, 0.15) is 0 Å². The Kier molecular flexibility index (Phi) is 3.39. The van der Waals surface area contributed by atoms with E-state index in [4.69, 9.17) is 4.74 Å². The van der Waals surface area contributed by atoms with Crippen LogP contribution in [0.4, 0.5) is 0 Å². The number of aromatic amines is 1. The average Bonchev–Trinajstić information content (AvgIpc) is 2.92. The van der Waals surface area contributed by atoms with Gasteiger partial charge in [-0.05, 0) is 11.1 Å². The zero-order chi connectivity index (χ0) is 12.2. The van der Waals surface area contributed by atoms with Gasteiger partial charge in [0.15, 0.2) is 0 Å². The van der Waals surface area contributed by atoms with Gasteiger partial charge in [0.25, 0.3) is 0 Å². The van der Waals surface area contributed by atoms with Gasteiger partial charge in [-0.1, -0.05) is 24.3 Å². The first-order valence-electron chi connectivity index (χ1n) is 6.29. The molecule has 1 aromatic heterocycles. The first kappa shape index (κ1) is 11.4. The first-order valence-corrected chi connectivity index (χ1v) is 6.29. The van der Waals surface area contributed by atoms with Crippen molar-refractivity contribution in [3.8, 4) is 0 Å². The molecule has 4 nitrogen and oxygen atoms in total. The molecule has 3 rings (SSSR count). The smallest absolute Gasteiger partial charge is 0.0921 e. The summed E-state index contributed by atoms with van der Waals surface area (Å²) in [6.45, 7) is 2.40. The maximum atomic E-state index is 5.61. The molecule has 0 radical (unpaired) electrons. The highest BCUT2D eigenvalue weighted by Gasteiger charge is 2.19. The Morgan fingerprint density at radius 1 is 1.39 bits per heavy atom. The minimum atomic E-state index is 0.304. The fourth-order valence-corrected chi connectivity index (χ4v) is 2.35. The first-order chi connectivity index (χ1) is 8.93. The second-order valence-electron chi connectivity index (χ2n) is 4.55. The van der Waals surface area contributed by atoms with Crippen LogP contribution in [0.3, 0.4) is 0 Å². The molecule has 0 fully saturated rings. The summed E-state index contributed by atoms with van der Waals surface area (Å²) in [5, 5.41) is 3.54. The van der Waals surface area contributed by atoms with Crippen LogP contribution in [0.15, 0.2) is 36.8 Å². The van der Waals surface area contributed by atoms with Crippen molar-refractivity contribution < 1.29 is 4.74 Å². The zero-order valence-corrected chi connectivity index (χ0v) is 10.2. The predicted octanol–water partition coefficient (Wildman–Crippen LogP) is 1.81. The number of fused-ring (bicyclic) bond motifs is 1. The number of benzene rings is 1. The molecule has 4 heteroatoms. The van der Waals surface area contributed by atoms with E-state index in [1.165, 1.54) is 11.1 Å². The van der Waals surface area contributed by atoms with Gasteiger partial charge >= 0.3 is 0 Å². The Morgan fingerprint density at radius 3 is 3.22 bits per heavy atom. The van der Waals surface area contributed by atoms with Gasteiger partial charge in [0.2, 0.25) is 0 Å². The molecule has 0 amide bonds. The molecular weight excluding hydrogens is 226 g/mol. The van der Waals surface area contributed by atoms with Crippen molar-refractivity contribution in [1.29, 1.82) is 0 Å². The van der Waals surface area contributed by atoms with E-state index in [9.17, 15) is 0 Å². The number of nitrogens with one attached hydrogen (secondary N) is 2. The average molecular weight is 243 g/mol. The van der Waals surface area contributed by atoms with Crippen LogP contribution in [-0.2, 0) is 17.8 Å². The van der Waals surface area contributed by atoms with E-state index in [1.807, 2.05) is 6.20 Å². The molecule has 18 heavy (non-hydrogen) atoms. The summed E-state index contributed by atoms with van der Waals surface area (Å²) in [5.74, 6) is 0. The van der Waals surface area contributed by atoms with Crippen LogP contribution < -0.4 is 5.32 Å². The molecule has 2 heterocycles. The summed E-state index contributed by atoms with van der Waals surface area (Å²) in [6, 6.07) is 8.78. The maximum Gasteiger partial charge on any atom is 0.0921 e. The third kappa shape index (κ3) is 2.44. The van der Waals surface area contributed by atoms with Crippen molar-refractivity contribution in [3.05, 3.63) is 53.6 Å². The Labute approximate surface area is 106 Å². The van der Waals surface area contributed by atoms with Crippen LogP contribution in [0.1, 0.15) is 22.9 Å². The molecule has 0 saturated carbocycles. The molecule has 1 atom stereocenters. The second-order valence-corrected chi connectivity index (χ2v) is 4.55. The molecule has 0 spiro atoms. The van der Waals surface area contributed by atoms with Crippen molar-refractivity contribution in [3.63, 3.8) is 0 Å². The van der Waals surface area contributed by atoms with Crippen molar-refractivity contribution in [2.75, 3.05) is 13.2 Å². The van der Waals surface area contributed by atoms with Crippen molar-refractivity contribution in [2.45, 2.75) is 19.1 Å². The fraction of sp³-hybridized carbons (Fsp3) is 0.357. The quantitative estimate of drug-likeness (QED) is 0.861. The Bertz CT molecular complexity index is 496. The standard InChI is InChI=1S/C14H17N3O/c1-2-4-13-11(3-1)8-18-9-14(13)16-6-5-12-7-15-10-17-12/h1-4,7,10,14,16H,5-6,8-9H2,(H,15,17). The molecule has 2 aromatic rings. The predicted molar refractivity (Wildman–Crippen MR) is 69.1 cm³/mol. The van der Waals surface area contributed by atoms with Crippen LogP contribution in [0.2, 0.25) is 0 Å². The summed E-state index contributed by atoms with van der Waals surface area (Å²) in [7, 11) is 0. The minimum Gasteiger partial charge on any atom is -0.375 e. The van der Waals surface area contributed by atoms with Crippen molar-refractivity contribution in [1.82, 2.24) is 15.3 Å². The number of hydrogen-bond donors (Lipinski definition) is 2. The number of hydrogen-bond acceptors (Lipinski definition) is 3. The lowest BCUT2D eigenvalue weighted by Crippen LogP contribution is -2.31. The Balaban J connectivity index is 1.60. The van der Waals surface area contributed by atoms with E-state index in [-0.39, 0.29) is 0 Å². The van der Waals surface area contributed by atoms with E-state index in [0.717, 1.165) is 31.9 Å². The van der Waals surface area contributed by atoms with Crippen molar-refractivity contribution >= 4 is 0 Å².